The van der Waals surface area contributed by atoms with Crippen molar-refractivity contribution in [1.82, 2.24) is 0 Å². The van der Waals surface area contributed by atoms with Crippen molar-refractivity contribution in [3.05, 3.63) is 29.1 Å². The molecule has 1 atom stereocenters. The van der Waals surface area contributed by atoms with Crippen LogP contribution in [-0.2, 0) is 17.4 Å². The van der Waals surface area contributed by atoms with Crippen LogP contribution in [0.2, 0.25) is 0 Å². The molecule has 1 rings (SSSR count). The van der Waals surface area contributed by atoms with Crippen LogP contribution >= 0.6 is 0 Å². The van der Waals surface area contributed by atoms with Crippen LogP contribution < -0.4 is 5.14 Å². The van der Waals surface area contributed by atoms with E-state index in [9.17, 15) is 13.7 Å². The summed E-state index contributed by atoms with van der Waals surface area (Å²) in [6, 6.07) is 2.72. The Morgan fingerprint density at radius 2 is 2.06 bits per heavy atom. The molecule has 3 nitrogen and oxygen atoms in total. The summed E-state index contributed by atoms with van der Waals surface area (Å²) in [7, 11) is -1.44. The maximum Gasteiger partial charge on any atom is 0.130 e. The van der Waals surface area contributed by atoms with E-state index >= 15 is 0 Å². The fourth-order valence-electron chi connectivity index (χ4n) is 1.46. The minimum Gasteiger partial charge on any atom is -0.508 e. The smallest absolute Gasteiger partial charge is 0.130 e. The second-order valence-corrected chi connectivity index (χ2v) is 6.49. The third-order valence-electron chi connectivity index (χ3n) is 2.91. The van der Waals surface area contributed by atoms with Crippen molar-refractivity contribution >= 4 is 11.0 Å². The number of hydrogen-bond acceptors (Lipinski definition) is 2. The summed E-state index contributed by atoms with van der Waals surface area (Å²) in [6.45, 7) is 5.28. The number of aryl methyl sites for hydroxylation is 2. The molecule has 0 fully saturated rings. The maximum absolute atomic E-state index is 13.5. The predicted molar refractivity (Wildman–Crippen MR) is 67.5 cm³/mol. The standard InChI is InChI=1S/C12H18FNO2S/c1-8-6-9(10(13)7-11(8)15)4-5-12(2,3)17(14)16/h6-7,15H,4-5,14H2,1-3H3. The molecule has 0 aliphatic heterocycles. The molecule has 0 spiro atoms. The number of benzene rings is 1. The lowest BCUT2D eigenvalue weighted by Crippen LogP contribution is -2.32. The van der Waals surface area contributed by atoms with Crippen molar-refractivity contribution in [3.63, 3.8) is 0 Å². The van der Waals surface area contributed by atoms with Crippen LogP contribution in [0.1, 0.15) is 31.4 Å². The third-order valence-corrected chi connectivity index (χ3v) is 4.20. The number of rotatable bonds is 4. The number of phenolic OH excluding ortho intramolecular Hbond substituents is 1. The Bertz CT molecular complexity index is 446. The van der Waals surface area contributed by atoms with Gasteiger partial charge in [-0.2, -0.15) is 0 Å². The number of halogens is 1. The summed E-state index contributed by atoms with van der Waals surface area (Å²) in [5, 5.41) is 14.7. The highest BCUT2D eigenvalue weighted by atomic mass is 32.2. The van der Waals surface area contributed by atoms with Crippen molar-refractivity contribution in [2.24, 2.45) is 5.14 Å². The molecular weight excluding hydrogens is 241 g/mol. The first-order valence-corrected chi connectivity index (χ1v) is 6.59. The van der Waals surface area contributed by atoms with Gasteiger partial charge in [0.1, 0.15) is 11.6 Å². The van der Waals surface area contributed by atoms with Crippen molar-refractivity contribution in [2.45, 2.75) is 38.4 Å². The number of nitrogens with two attached hydrogens (primary N) is 1. The Morgan fingerprint density at radius 1 is 1.47 bits per heavy atom. The summed E-state index contributed by atoms with van der Waals surface area (Å²) in [5.41, 5.74) is 1.15. The van der Waals surface area contributed by atoms with Gasteiger partial charge in [-0.25, -0.2) is 8.60 Å². The Morgan fingerprint density at radius 3 is 2.59 bits per heavy atom. The van der Waals surface area contributed by atoms with E-state index in [1.807, 2.05) is 0 Å². The molecule has 96 valence electrons. The highest BCUT2D eigenvalue weighted by Gasteiger charge is 2.23. The number of hydrogen-bond donors (Lipinski definition) is 2. The molecule has 1 aromatic rings. The molecule has 0 bridgehead atoms. The first-order valence-electron chi connectivity index (χ1n) is 5.38. The molecule has 1 aromatic carbocycles. The predicted octanol–water partition coefficient (Wildman–Crippen LogP) is 2.17. The zero-order chi connectivity index (χ0) is 13.2. The Hall–Kier alpha value is -0.940. The summed E-state index contributed by atoms with van der Waals surface area (Å²) >= 11 is 0. The summed E-state index contributed by atoms with van der Waals surface area (Å²) in [5.74, 6) is -0.486. The minimum atomic E-state index is -1.44. The van der Waals surface area contributed by atoms with E-state index in [1.54, 1.807) is 26.8 Å². The van der Waals surface area contributed by atoms with E-state index in [4.69, 9.17) is 5.14 Å². The third kappa shape index (κ3) is 3.51. The molecule has 3 N–H and O–H groups in total. The first-order chi connectivity index (χ1) is 7.74. The highest BCUT2D eigenvalue weighted by Crippen LogP contribution is 2.24. The van der Waals surface area contributed by atoms with Gasteiger partial charge in [0.05, 0.1) is 15.7 Å². The summed E-state index contributed by atoms with van der Waals surface area (Å²) in [4.78, 5) is 0. The molecule has 0 saturated carbocycles. The summed E-state index contributed by atoms with van der Waals surface area (Å²) < 4.78 is 24.2. The van der Waals surface area contributed by atoms with Crippen LogP contribution in [0.4, 0.5) is 4.39 Å². The van der Waals surface area contributed by atoms with Gasteiger partial charge in [0, 0.05) is 6.07 Å². The van der Waals surface area contributed by atoms with Gasteiger partial charge >= 0.3 is 0 Å². The van der Waals surface area contributed by atoms with Crippen molar-refractivity contribution in [2.75, 3.05) is 0 Å². The molecule has 0 radical (unpaired) electrons. The van der Waals surface area contributed by atoms with Crippen LogP contribution in [0.25, 0.3) is 0 Å². The normalized spacial score (nSPS) is 13.7. The Labute approximate surface area is 103 Å². The molecule has 0 amide bonds. The molecule has 5 heteroatoms. The fraction of sp³-hybridized carbons (Fsp3) is 0.500. The monoisotopic (exact) mass is 259 g/mol. The lowest BCUT2D eigenvalue weighted by atomic mass is 10.00. The first kappa shape index (κ1) is 14.1. The second-order valence-electron chi connectivity index (χ2n) is 4.79. The van der Waals surface area contributed by atoms with E-state index in [2.05, 4.69) is 0 Å². The molecule has 0 aromatic heterocycles. The van der Waals surface area contributed by atoms with Crippen LogP contribution in [0.5, 0.6) is 5.75 Å². The van der Waals surface area contributed by atoms with Gasteiger partial charge in [-0.15, -0.1) is 0 Å². The zero-order valence-electron chi connectivity index (χ0n) is 10.3. The van der Waals surface area contributed by atoms with Gasteiger partial charge in [-0.05, 0) is 50.8 Å². The van der Waals surface area contributed by atoms with E-state index in [0.717, 1.165) is 6.07 Å². The van der Waals surface area contributed by atoms with Crippen LogP contribution in [0.15, 0.2) is 12.1 Å². The lowest BCUT2D eigenvalue weighted by molar-refractivity contribution is 0.462. The average Bonchev–Trinajstić information content (AvgIpc) is 2.21. The lowest BCUT2D eigenvalue weighted by Gasteiger charge is -2.21. The van der Waals surface area contributed by atoms with Gasteiger partial charge in [-0.3, -0.25) is 5.14 Å². The van der Waals surface area contributed by atoms with Gasteiger partial charge in [0.2, 0.25) is 0 Å². The number of phenols is 1. The van der Waals surface area contributed by atoms with E-state index in [1.165, 1.54) is 0 Å². The van der Waals surface area contributed by atoms with Crippen molar-refractivity contribution in [1.29, 1.82) is 0 Å². The molecule has 17 heavy (non-hydrogen) atoms. The molecule has 0 aliphatic rings. The molecule has 0 aliphatic carbocycles. The van der Waals surface area contributed by atoms with E-state index < -0.39 is 21.5 Å². The van der Waals surface area contributed by atoms with Crippen LogP contribution in [0.3, 0.4) is 0 Å². The van der Waals surface area contributed by atoms with Crippen LogP contribution in [-0.4, -0.2) is 14.1 Å². The molecular formula is C12H18FNO2S. The van der Waals surface area contributed by atoms with E-state index in [-0.39, 0.29) is 5.75 Å². The molecule has 0 heterocycles. The Balaban J connectivity index is 2.83. The van der Waals surface area contributed by atoms with Gasteiger partial charge in [-0.1, -0.05) is 0 Å². The maximum atomic E-state index is 13.5. The quantitative estimate of drug-likeness (QED) is 0.870. The zero-order valence-corrected chi connectivity index (χ0v) is 11.1. The van der Waals surface area contributed by atoms with E-state index in [0.29, 0.717) is 24.0 Å². The molecule has 1 unspecified atom stereocenters. The minimum absolute atomic E-state index is 0.0482. The largest absolute Gasteiger partial charge is 0.508 e. The van der Waals surface area contributed by atoms with Crippen molar-refractivity contribution < 1.29 is 13.7 Å². The average molecular weight is 259 g/mol. The highest BCUT2D eigenvalue weighted by molar-refractivity contribution is 7.84. The Kier molecular flexibility index (Phi) is 4.27. The van der Waals surface area contributed by atoms with Gasteiger partial charge in [0.15, 0.2) is 0 Å². The second kappa shape index (κ2) is 5.14. The molecule has 0 saturated heterocycles. The topological polar surface area (TPSA) is 63.3 Å². The van der Waals surface area contributed by atoms with Gasteiger partial charge < -0.3 is 5.11 Å². The van der Waals surface area contributed by atoms with Crippen LogP contribution in [0, 0.1) is 12.7 Å². The number of aromatic hydroxyl groups is 1. The summed E-state index contributed by atoms with van der Waals surface area (Å²) in [6.07, 6.45) is 0.972. The SMILES string of the molecule is Cc1cc(CCC(C)(C)S(N)=O)c(F)cc1O. The van der Waals surface area contributed by atoms with Crippen molar-refractivity contribution in [3.8, 4) is 5.75 Å². The van der Waals surface area contributed by atoms with Gasteiger partial charge in [0.25, 0.3) is 0 Å². The fourth-order valence-corrected chi connectivity index (χ4v) is 1.76.